The predicted molar refractivity (Wildman–Crippen MR) is 158 cm³/mol. The number of aliphatic imine (C=N–C) groups is 1. The number of imidazole rings is 1. The van der Waals surface area contributed by atoms with E-state index in [1.165, 1.54) is 13.2 Å². The summed E-state index contributed by atoms with van der Waals surface area (Å²) in [5.41, 5.74) is 5.89. The van der Waals surface area contributed by atoms with E-state index >= 15 is 8.78 Å². The van der Waals surface area contributed by atoms with Crippen molar-refractivity contribution in [3.8, 4) is 11.3 Å². The van der Waals surface area contributed by atoms with Gasteiger partial charge >= 0.3 is 6.09 Å². The zero-order valence-corrected chi connectivity index (χ0v) is 25.0. The molecule has 1 unspecified atom stereocenters. The SMILES string of the molecule is COC(C)(c1c(F)cccc1F)c1nc2nc(/C(N)=N/C(=O)O)nc(-c3cnc(C)c(Cl)c3)c2n1CC1CCC(C)CC1. The normalized spacial score (nSPS) is 19.0. The topological polar surface area (TPSA) is 141 Å². The summed E-state index contributed by atoms with van der Waals surface area (Å²) in [6, 6.07) is 5.28. The number of carbonyl (C=O) groups is 1. The van der Waals surface area contributed by atoms with Crippen molar-refractivity contribution in [2.45, 2.75) is 58.6 Å². The quantitative estimate of drug-likeness (QED) is 0.185. The van der Waals surface area contributed by atoms with E-state index in [2.05, 4.69) is 26.9 Å². The predicted octanol–water partition coefficient (Wildman–Crippen LogP) is 6.25. The third-order valence-electron chi connectivity index (χ3n) is 8.20. The molecule has 4 aromatic rings. The standard InChI is InChI=1S/C30H32ClF2N7O3/c1-15-8-10-17(11-9-15)14-40-24-23(18-12-19(31)16(2)35-13-18)36-27(25(34)37-29(41)42)38-26(24)39-28(40)30(3,43-4)22-20(32)6-5-7-21(22)33/h5-7,12-13,15,17H,8-11,14H2,1-4H3,(H2,34,37)(H,41,42). The Morgan fingerprint density at radius 2 is 1.88 bits per heavy atom. The van der Waals surface area contributed by atoms with Gasteiger partial charge in [0.25, 0.3) is 0 Å². The molecule has 3 aromatic heterocycles. The van der Waals surface area contributed by atoms with Crippen molar-refractivity contribution in [3.05, 3.63) is 70.0 Å². The number of aromatic nitrogens is 5. The van der Waals surface area contributed by atoms with Gasteiger partial charge in [0, 0.05) is 25.4 Å². The van der Waals surface area contributed by atoms with E-state index in [9.17, 15) is 9.90 Å². The molecule has 10 nitrogen and oxygen atoms in total. The minimum atomic E-state index is -1.70. The zero-order valence-electron chi connectivity index (χ0n) is 24.2. The lowest BCUT2D eigenvalue weighted by atomic mass is 9.83. The van der Waals surface area contributed by atoms with Crippen LogP contribution in [-0.2, 0) is 16.9 Å². The molecular formula is C30H32ClF2N7O3. The molecule has 3 heterocycles. The third-order valence-corrected chi connectivity index (χ3v) is 8.58. The number of nitrogens with zero attached hydrogens (tertiary/aromatic N) is 6. The summed E-state index contributed by atoms with van der Waals surface area (Å²) in [4.78, 5) is 32.9. The van der Waals surface area contributed by atoms with Crippen molar-refractivity contribution in [1.82, 2.24) is 24.5 Å². The fourth-order valence-corrected chi connectivity index (χ4v) is 5.88. The number of methoxy groups -OCH3 is 1. The fourth-order valence-electron chi connectivity index (χ4n) is 5.71. The molecule has 0 saturated heterocycles. The Balaban J connectivity index is 1.86. The van der Waals surface area contributed by atoms with Crippen molar-refractivity contribution in [3.63, 3.8) is 0 Å². The Morgan fingerprint density at radius 3 is 2.49 bits per heavy atom. The number of hydrogen-bond donors (Lipinski definition) is 2. The number of pyridine rings is 1. The summed E-state index contributed by atoms with van der Waals surface area (Å²) in [6.45, 7) is 5.97. The number of nitrogens with two attached hydrogens (primary N) is 1. The molecule has 43 heavy (non-hydrogen) atoms. The average Bonchev–Trinajstić information content (AvgIpc) is 3.33. The van der Waals surface area contributed by atoms with Gasteiger partial charge in [0.2, 0.25) is 0 Å². The molecular weight excluding hydrogens is 580 g/mol. The second-order valence-corrected chi connectivity index (χ2v) is 11.6. The summed E-state index contributed by atoms with van der Waals surface area (Å²) >= 11 is 6.45. The summed E-state index contributed by atoms with van der Waals surface area (Å²) in [5.74, 6) is -1.22. The van der Waals surface area contributed by atoms with E-state index in [1.54, 1.807) is 26.1 Å². The summed E-state index contributed by atoms with van der Waals surface area (Å²) in [6.07, 6.45) is 4.03. The highest BCUT2D eigenvalue weighted by molar-refractivity contribution is 6.31. The van der Waals surface area contributed by atoms with Crippen LogP contribution in [0.15, 0.2) is 35.5 Å². The Kier molecular flexibility index (Phi) is 8.44. The van der Waals surface area contributed by atoms with Crippen molar-refractivity contribution in [2.24, 2.45) is 22.6 Å². The van der Waals surface area contributed by atoms with Crippen LogP contribution in [-0.4, -0.2) is 48.6 Å². The van der Waals surface area contributed by atoms with Crippen LogP contribution >= 0.6 is 11.6 Å². The number of fused-ring (bicyclic) bond motifs is 1. The van der Waals surface area contributed by atoms with E-state index in [0.717, 1.165) is 37.8 Å². The van der Waals surface area contributed by atoms with Gasteiger partial charge in [0.15, 0.2) is 22.9 Å². The third kappa shape index (κ3) is 5.81. The Bertz CT molecular complexity index is 1720. The van der Waals surface area contributed by atoms with Crippen LogP contribution < -0.4 is 5.73 Å². The van der Waals surface area contributed by atoms with Crippen LogP contribution in [0.5, 0.6) is 0 Å². The largest absolute Gasteiger partial charge is 0.463 e. The molecule has 1 aliphatic carbocycles. The van der Waals surface area contributed by atoms with Crippen molar-refractivity contribution in [1.29, 1.82) is 0 Å². The van der Waals surface area contributed by atoms with Gasteiger partial charge in [-0.3, -0.25) is 4.98 Å². The van der Waals surface area contributed by atoms with Crippen LogP contribution in [0.1, 0.15) is 62.4 Å². The number of hydrogen-bond acceptors (Lipinski definition) is 6. The first-order valence-corrected chi connectivity index (χ1v) is 14.3. The minimum Gasteiger partial charge on any atom is -0.463 e. The molecule has 0 aliphatic heterocycles. The van der Waals surface area contributed by atoms with Crippen molar-refractivity contribution < 1.29 is 23.4 Å². The lowest BCUT2D eigenvalue weighted by Crippen LogP contribution is -2.33. The number of amidine groups is 1. The van der Waals surface area contributed by atoms with Crippen LogP contribution in [0.4, 0.5) is 13.6 Å². The molecule has 1 fully saturated rings. The van der Waals surface area contributed by atoms with E-state index < -0.39 is 29.2 Å². The van der Waals surface area contributed by atoms with Crippen LogP contribution in [0.2, 0.25) is 5.02 Å². The molecule has 1 saturated carbocycles. The maximum atomic E-state index is 15.3. The number of halogens is 3. The molecule has 0 bridgehead atoms. The van der Waals surface area contributed by atoms with Gasteiger partial charge in [0.1, 0.15) is 28.7 Å². The van der Waals surface area contributed by atoms with E-state index in [-0.39, 0.29) is 28.8 Å². The van der Waals surface area contributed by atoms with Crippen LogP contribution in [0, 0.1) is 30.4 Å². The highest BCUT2D eigenvalue weighted by atomic mass is 35.5. The highest BCUT2D eigenvalue weighted by Crippen LogP contribution is 2.40. The van der Waals surface area contributed by atoms with Gasteiger partial charge in [-0.05, 0) is 56.7 Å². The number of ether oxygens (including phenoxy) is 1. The molecule has 3 N–H and O–H groups in total. The number of rotatable bonds is 7. The van der Waals surface area contributed by atoms with Crippen LogP contribution in [0.3, 0.4) is 0 Å². The van der Waals surface area contributed by atoms with Gasteiger partial charge in [-0.1, -0.05) is 37.4 Å². The summed E-state index contributed by atoms with van der Waals surface area (Å²) < 4.78 is 38.4. The number of aryl methyl sites for hydroxylation is 1. The summed E-state index contributed by atoms with van der Waals surface area (Å²) in [7, 11) is 1.36. The lowest BCUT2D eigenvalue weighted by Gasteiger charge is -2.32. The Labute approximate surface area is 252 Å². The molecule has 13 heteroatoms. The molecule has 1 aliphatic rings. The highest BCUT2D eigenvalue weighted by Gasteiger charge is 2.41. The van der Waals surface area contributed by atoms with Crippen molar-refractivity contribution >= 4 is 34.7 Å². The van der Waals surface area contributed by atoms with Gasteiger partial charge < -0.3 is 20.1 Å². The first-order chi connectivity index (χ1) is 20.4. The molecule has 0 spiro atoms. The maximum absolute atomic E-state index is 15.3. The molecule has 1 amide bonds. The van der Waals surface area contributed by atoms with Gasteiger partial charge in [0.05, 0.1) is 16.3 Å². The van der Waals surface area contributed by atoms with Crippen LogP contribution in [0.25, 0.3) is 22.4 Å². The van der Waals surface area contributed by atoms with E-state index in [4.69, 9.17) is 27.1 Å². The number of benzene rings is 1. The fraction of sp³-hybridized carbons (Fsp3) is 0.400. The molecule has 1 atom stereocenters. The Hall–Kier alpha value is -4.03. The summed E-state index contributed by atoms with van der Waals surface area (Å²) in [5, 5.41) is 9.60. The second kappa shape index (κ2) is 11.9. The van der Waals surface area contributed by atoms with Crippen molar-refractivity contribution in [2.75, 3.05) is 7.11 Å². The second-order valence-electron chi connectivity index (χ2n) is 11.1. The molecule has 5 rings (SSSR count). The monoisotopic (exact) mass is 611 g/mol. The maximum Gasteiger partial charge on any atom is 0.433 e. The number of carboxylic acid groups (broad SMARTS) is 1. The zero-order chi connectivity index (χ0) is 31.1. The molecule has 0 radical (unpaired) electrons. The van der Waals surface area contributed by atoms with Gasteiger partial charge in [-0.2, -0.15) is 4.99 Å². The number of amides is 1. The van der Waals surface area contributed by atoms with Gasteiger partial charge in [-0.25, -0.2) is 28.5 Å². The molecule has 1 aromatic carbocycles. The minimum absolute atomic E-state index is 0.111. The van der Waals surface area contributed by atoms with E-state index in [0.29, 0.717) is 40.0 Å². The molecule has 226 valence electrons. The van der Waals surface area contributed by atoms with Gasteiger partial charge in [-0.15, -0.1) is 0 Å². The van der Waals surface area contributed by atoms with E-state index in [1.807, 2.05) is 4.57 Å². The Morgan fingerprint density at radius 1 is 1.21 bits per heavy atom. The average molecular weight is 612 g/mol. The first kappa shape index (κ1) is 30.4. The lowest BCUT2D eigenvalue weighted by molar-refractivity contribution is 0.0217. The first-order valence-electron chi connectivity index (χ1n) is 13.9. The smallest absolute Gasteiger partial charge is 0.433 e.